The highest BCUT2D eigenvalue weighted by molar-refractivity contribution is 7.99. The molecule has 158 valence electrons. The maximum absolute atomic E-state index is 13.3. The van der Waals surface area contributed by atoms with Crippen LogP contribution in [-0.4, -0.2) is 33.6 Å². The number of thioether (sulfide) groups is 1. The van der Waals surface area contributed by atoms with Crippen LogP contribution in [0.1, 0.15) is 45.7 Å². The average Bonchev–Trinajstić information content (AvgIpc) is 3.09. The van der Waals surface area contributed by atoms with Gasteiger partial charge >= 0.3 is 0 Å². The number of aliphatic hydroxyl groups excluding tert-OH is 1. The molecule has 0 saturated heterocycles. The molecule has 5 heteroatoms. The van der Waals surface area contributed by atoms with Crippen molar-refractivity contribution in [3.05, 3.63) is 76.9 Å². The predicted molar refractivity (Wildman–Crippen MR) is 128 cm³/mol. The van der Waals surface area contributed by atoms with Gasteiger partial charge in [-0.2, -0.15) is 0 Å². The third-order valence-corrected chi connectivity index (χ3v) is 6.63. The number of aryl methyl sites for hydroxylation is 2. The first-order valence-corrected chi connectivity index (χ1v) is 11.4. The second-order valence-corrected chi connectivity index (χ2v) is 8.81. The van der Waals surface area contributed by atoms with E-state index in [1.807, 2.05) is 61.5 Å². The van der Waals surface area contributed by atoms with Crippen molar-refractivity contribution in [2.45, 2.75) is 32.2 Å². The first kappa shape index (κ1) is 21.3. The predicted octanol–water partition coefficient (Wildman–Crippen LogP) is 5.64. The van der Waals surface area contributed by atoms with Gasteiger partial charge in [0.05, 0.1) is 6.61 Å². The molecule has 0 radical (unpaired) electrons. The van der Waals surface area contributed by atoms with Crippen LogP contribution in [0.2, 0.25) is 0 Å². The quantitative estimate of drug-likeness (QED) is 0.304. The number of aromatic nitrogens is 1. The molecule has 3 aromatic carbocycles. The Bertz CT molecular complexity index is 1320. The Labute approximate surface area is 185 Å². The molecule has 0 aliphatic heterocycles. The van der Waals surface area contributed by atoms with Crippen LogP contribution in [0, 0.1) is 6.92 Å². The third kappa shape index (κ3) is 3.91. The van der Waals surface area contributed by atoms with Crippen molar-refractivity contribution >= 4 is 45.1 Å². The maximum Gasteiger partial charge on any atom is 0.193 e. The topological polar surface area (TPSA) is 59.3 Å². The number of nitrogens with zero attached hydrogens (tertiary/aromatic N) is 1. The summed E-state index contributed by atoms with van der Waals surface area (Å²) in [7, 11) is 0. The third-order valence-electron chi connectivity index (χ3n) is 5.65. The maximum atomic E-state index is 13.3. The van der Waals surface area contributed by atoms with E-state index in [1.165, 1.54) is 0 Å². The van der Waals surface area contributed by atoms with E-state index in [0.29, 0.717) is 22.4 Å². The molecule has 0 unspecified atom stereocenters. The molecule has 1 heterocycles. The Balaban J connectivity index is 1.81. The summed E-state index contributed by atoms with van der Waals surface area (Å²) in [5.74, 6) is 0.646. The van der Waals surface area contributed by atoms with Gasteiger partial charge in [0.15, 0.2) is 11.6 Å². The fourth-order valence-corrected chi connectivity index (χ4v) is 4.86. The SMILES string of the molecule is CCn1c2ccc(C(C)=O)cc2c2cc(C(=O)c3ccc(SCCO)cc3C)ccc21. The van der Waals surface area contributed by atoms with Crippen molar-refractivity contribution in [1.82, 2.24) is 4.57 Å². The lowest BCUT2D eigenvalue weighted by atomic mass is 9.97. The average molecular weight is 432 g/mol. The van der Waals surface area contributed by atoms with E-state index in [2.05, 4.69) is 11.5 Å². The summed E-state index contributed by atoms with van der Waals surface area (Å²) in [6.45, 7) is 6.54. The molecule has 0 fully saturated rings. The number of hydrogen-bond donors (Lipinski definition) is 1. The standard InChI is InChI=1S/C26H25NO3S/c1-4-27-24-9-5-18(17(3)29)14-22(24)23-15-19(6-10-25(23)27)26(30)21-8-7-20(13-16(21)2)31-12-11-28/h5-10,13-15,28H,4,11-12H2,1-3H3. The number of hydrogen-bond acceptors (Lipinski definition) is 4. The van der Waals surface area contributed by atoms with E-state index in [0.717, 1.165) is 38.8 Å². The lowest BCUT2D eigenvalue weighted by Gasteiger charge is -2.08. The second kappa shape index (κ2) is 8.69. The number of fused-ring (bicyclic) bond motifs is 3. The summed E-state index contributed by atoms with van der Waals surface area (Å²) >= 11 is 1.57. The monoisotopic (exact) mass is 431 g/mol. The van der Waals surface area contributed by atoms with Crippen molar-refractivity contribution in [3.63, 3.8) is 0 Å². The number of aliphatic hydroxyl groups is 1. The van der Waals surface area contributed by atoms with Crippen LogP contribution in [0.4, 0.5) is 0 Å². The van der Waals surface area contributed by atoms with Gasteiger partial charge in [-0.15, -0.1) is 11.8 Å². The van der Waals surface area contributed by atoms with Gasteiger partial charge in [-0.05, 0) is 80.9 Å². The largest absolute Gasteiger partial charge is 0.396 e. The molecule has 0 spiro atoms. The van der Waals surface area contributed by atoms with Crippen LogP contribution in [0.15, 0.2) is 59.5 Å². The molecular formula is C26H25NO3S. The lowest BCUT2D eigenvalue weighted by Crippen LogP contribution is -2.04. The minimum Gasteiger partial charge on any atom is -0.396 e. The summed E-state index contributed by atoms with van der Waals surface area (Å²) in [5.41, 5.74) is 5.02. The Hall–Kier alpha value is -2.89. The number of rotatable bonds is 7. The molecule has 1 aromatic heterocycles. The Kier molecular flexibility index (Phi) is 5.99. The Morgan fingerprint density at radius 1 is 0.935 bits per heavy atom. The van der Waals surface area contributed by atoms with Crippen LogP contribution in [0.3, 0.4) is 0 Å². The van der Waals surface area contributed by atoms with Gasteiger partial charge in [0.1, 0.15) is 0 Å². The smallest absolute Gasteiger partial charge is 0.193 e. The summed E-state index contributed by atoms with van der Waals surface area (Å²) in [6, 6.07) is 17.4. The molecule has 0 amide bonds. The van der Waals surface area contributed by atoms with Crippen molar-refractivity contribution in [2.24, 2.45) is 0 Å². The highest BCUT2D eigenvalue weighted by Crippen LogP contribution is 2.32. The van der Waals surface area contributed by atoms with E-state index in [4.69, 9.17) is 5.11 Å². The summed E-state index contributed by atoms with van der Waals surface area (Å²) in [5, 5.41) is 11.0. The van der Waals surface area contributed by atoms with Gasteiger partial charge in [-0.3, -0.25) is 9.59 Å². The van der Waals surface area contributed by atoms with Gasteiger partial charge in [0, 0.05) is 55.7 Å². The molecule has 4 nitrogen and oxygen atoms in total. The first-order valence-electron chi connectivity index (χ1n) is 10.4. The molecule has 1 N–H and O–H groups in total. The first-order chi connectivity index (χ1) is 14.9. The molecule has 4 rings (SSSR count). The molecule has 0 saturated carbocycles. The van der Waals surface area contributed by atoms with Crippen LogP contribution in [0.25, 0.3) is 21.8 Å². The highest BCUT2D eigenvalue weighted by Gasteiger charge is 2.17. The minimum absolute atomic E-state index is 0.0155. The van der Waals surface area contributed by atoms with Crippen LogP contribution < -0.4 is 0 Å². The normalized spacial score (nSPS) is 11.4. The zero-order valence-electron chi connectivity index (χ0n) is 17.9. The van der Waals surface area contributed by atoms with E-state index in [9.17, 15) is 9.59 Å². The van der Waals surface area contributed by atoms with E-state index in [1.54, 1.807) is 18.7 Å². The van der Waals surface area contributed by atoms with Crippen LogP contribution >= 0.6 is 11.8 Å². The number of ketones is 2. The molecule has 4 aromatic rings. The van der Waals surface area contributed by atoms with Crippen molar-refractivity contribution in [1.29, 1.82) is 0 Å². The van der Waals surface area contributed by atoms with E-state index < -0.39 is 0 Å². The molecule has 0 aliphatic carbocycles. The Morgan fingerprint density at radius 3 is 2.16 bits per heavy atom. The number of benzene rings is 3. The van der Waals surface area contributed by atoms with Gasteiger partial charge < -0.3 is 9.67 Å². The van der Waals surface area contributed by atoms with Crippen molar-refractivity contribution in [2.75, 3.05) is 12.4 Å². The highest BCUT2D eigenvalue weighted by atomic mass is 32.2. The molecule has 31 heavy (non-hydrogen) atoms. The van der Waals surface area contributed by atoms with Crippen LogP contribution in [-0.2, 0) is 6.54 Å². The Morgan fingerprint density at radius 2 is 1.58 bits per heavy atom. The van der Waals surface area contributed by atoms with Crippen molar-refractivity contribution in [3.8, 4) is 0 Å². The summed E-state index contributed by atoms with van der Waals surface area (Å²) in [4.78, 5) is 26.3. The molecule has 0 bridgehead atoms. The fraction of sp³-hybridized carbons (Fsp3) is 0.231. The molecular weight excluding hydrogens is 406 g/mol. The zero-order valence-corrected chi connectivity index (χ0v) is 18.8. The molecule has 0 aliphatic rings. The van der Waals surface area contributed by atoms with E-state index in [-0.39, 0.29) is 18.2 Å². The zero-order chi connectivity index (χ0) is 22.1. The number of carbonyl (C=O) groups is 2. The minimum atomic E-state index is -0.0155. The fourth-order valence-electron chi connectivity index (χ4n) is 4.10. The second-order valence-electron chi connectivity index (χ2n) is 7.64. The van der Waals surface area contributed by atoms with Crippen molar-refractivity contribution < 1.29 is 14.7 Å². The van der Waals surface area contributed by atoms with Gasteiger partial charge in [-0.1, -0.05) is 0 Å². The number of carbonyl (C=O) groups excluding carboxylic acids is 2. The molecule has 0 atom stereocenters. The van der Waals surface area contributed by atoms with Gasteiger partial charge in [0.25, 0.3) is 0 Å². The summed E-state index contributed by atoms with van der Waals surface area (Å²) in [6.07, 6.45) is 0. The lowest BCUT2D eigenvalue weighted by molar-refractivity contribution is 0.101. The number of Topliss-reactive ketones (excluding diaryl/α,β-unsaturated/α-hetero) is 1. The van der Waals surface area contributed by atoms with Gasteiger partial charge in [-0.25, -0.2) is 0 Å². The summed E-state index contributed by atoms with van der Waals surface area (Å²) < 4.78 is 2.21. The van der Waals surface area contributed by atoms with Gasteiger partial charge in [0.2, 0.25) is 0 Å². The van der Waals surface area contributed by atoms with Crippen LogP contribution in [0.5, 0.6) is 0 Å². The van der Waals surface area contributed by atoms with E-state index >= 15 is 0 Å².